The van der Waals surface area contributed by atoms with Gasteiger partial charge in [-0.05, 0) is 220 Å². The van der Waals surface area contributed by atoms with E-state index < -0.39 is 22.6 Å². The van der Waals surface area contributed by atoms with Crippen LogP contribution in [0.3, 0.4) is 0 Å². The van der Waals surface area contributed by atoms with Gasteiger partial charge in [0.25, 0.3) is 0 Å². The molecule has 8 saturated heterocycles. The largest absolute Gasteiger partial charge is 0.444 e. The van der Waals surface area contributed by atoms with Crippen LogP contribution in [-0.2, 0) is 31.9 Å². The third kappa shape index (κ3) is 21.2. The molecule has 4 aromatic carbocycles. The molecule has 3 N–H and O–H groups in total. The first-order valence-electron chi connectivity index (χ1n) is 34.3. The molecule has 4 amide bonds. The van der Waals surface area contributed by atoms with Crippen molar-refractivity contribution in [3.8, 4) is 0 Å². The van der Waals surface area contributed by atoms with E-state index in [1.807, 2.05) is 139 Å². The molecular weight excluding hydrogens is 1350 g/mol. The van der Waals surface area contributed by atoms with Gasteiger partial charge in [-0.15, -0.1) is 0 Å². The molecule has 8 fully saturated rings. The van der Waals surface area contributed by atoms with Gasteiger partial charge >= 0.3 is 24.4 Å². The molecule has 99 heavy (non-hydrogen) atoms. The molecule has 8 heterocycles. The molecule has 0 saturated carbocycles. The Kier molecular flexibility index (Phi) is 26.2. The van der Waals surface area contributed by atoms with Crippen molar-refractivity contribution >= 4 is 100 Å². The second-order valence-corrected chi connectivity index (χ2v) is 32.1. The van der Waals surface area contributed by atoms with Gasteiger partial charge < -0.3 is 49.5 Å². The highest BCUT2D eigenvalue weighted by atomic mass is 35.5. The van der Waals surface area contributed by atoms with E-state index in [1.54, 1.807) is 6.07 Å². The summed E-state index contributed by atoms with van der Waals surface area (Å²) in [4.78, 5) is 88.5. The Bertz CT molecular complexity index is 3500. The maximum absolute atomic E-state index is 12.5. The van der Waals surface area contributed by atoms with E-state index in [0.29, 0.717) is 52.6 Å². The number of halogens is 5. The van der Waals surface area contributed by atoms with Crippen molar-refractivity contribution < 1.29 is 52.1 Å². The number of nitrogens with zero attached hydrogens (tertiary/aromatic N) is 8. The number of nitrogens with two attached hydrogens (primary N) is 1. The number of hydrogen-bond acceptors (Lipinski definition) is 15. The Morgan fingerprint density at radius 3 is 1.06 bits per heavy atom. The maximum atomic E-state index is 12.5. The molecule has 8 atom stereocenters. The normalized spacial score (nSPS) is 22.8. The number of fused-ring (bicyclic) bond motifs is 8. The van der Waals surface area contributed by atoms with Gasteiger partial charge in [-0.2, -0.15) is 0 Å². The number of ether oxygens (including phenoxy) is 4. The minimum atomic E-state index is -0.480. The zero-order valence-electron chi connectivity index (χ0n) is 59.3. The average molecular weight is 1450 g/mol. The topological polar surface area (TPSA) is 204 Å². The fourth-order valence-corrected chi connectivity index (χ4v) is 14.9. The number of nitrogens with one attached hydrogen (secondary N) is 1. The van der Waals surface area contributed by atoms with Crippen LogP contribution in [0.4, 0.5) is 40.6 Å². The minimum Gasteiger partial charge on any atom is -0.444 e. The maximum Gasteiger partial charge on any atom is 0.410 e. The van der Waals surface area contributed by atoms with Crippen LogP contribution in [-0.4, -0.2) is 186 Å². The third-order valence-electron chi connectivity index (χ3n) is 18.3. The van der Waals surface area contributed by atoms with Gasteiger partial charge in [-0.25, -0.2) is 30.1 Å². The lowest BCUT2D eigenvalue weighted by atomic mass is 10.1. The molecule has 0 spiro atoms. The van der Waals surface area contributed by atoms with Crippen molar-refractivity contribution in [1.29, 1.82) is 0 Å². The van der Waals surface area contributed by atoms with Gasteiger partial charge in [0.05, 0.1) is 51.3 Å². The summed E-state index contributed by atoms with van der Waals surface area (Å²) in [6.45, 7) is 37.3. The summed E-state index contributed by atoms with van der Waals surface area (Å²) >= 11 is 24.3. The number of carbonyl (C=O) groups is 6. The number of anilines is 3. The van der Waals surface area contributed by atoms with E-state index in [4.69, 9.17) is 77.7 Å². The molecule has 4 aromatic rings. The number of rotatable bonds is 8. The first kappa shape index (κ1) is 77.9. The summed E-state index contributed by atoms with van der Waals surface area (Å²) in [6, 6.07) is 23.0. The Morgan fingerprint density at radius 1 is 0.475 bits per heavy atom. The lowest BCUT2D eigenvalue weighted by Crippen LogP contribution is -2.56. The van der Waals surface area contributed by atoms with E-state index in [1.165, 1.54) is 12.1 Å². The summed E-state index contributed by atoms with van der Waals surface area (Å²) in [6.07, 6.45) is 9.64. The highest BCUT2D eigenvalue weighted by molar-refractivity contribution is 6.33. The van der Waals surface area contributed by atoms with Gasteiger partial charge in [0.1, 0.15) is 28.2 Å². The Morgan fingerprint density at radius 2 is 0.768 bits per heavy atom. The Hall–Kier alpha value is -6.80. The molecule has 0 aromatic heterocycles. The zero-order chi connectivity index (χ0) is 72.5. The average Bonchev–Trinajstić information content (AvgIpc) is 1.71. The van der Waals surface area contributed by atoms with Crippen LogP contribution in [0.2, 0.25) is 20.1 Å². The van der Waals surface area contributed by atoms with Crippen LogP contribution in [0.25, 0.3) is 4.85 Å². The molecule has 540 valence electrons. The predicted octanol–water partition coefficient (Wildman–Crippen LogP) is 15.2. The molecular formula is C74H99Cl4FN10O10. The molecule has 8 unspecified atom stereocenters. The van der Waals surface area contributed by atoms with Crippen LogP contribution >= 0.6 is 46.4 Å². The highest BCUT2D eigenvalue weighted by Gasteiger charge is 2.48. The standard InChI is InChI=1S/C19H24ClN3O2.C19H28ClN3O2.C18H23ClN2O3.C11H20N2O2.C7H4ClFO/c1-19(2,3)25-18(24)23-15-7-8-16(23)12-22(11-15)14-6-5-13(10-21-4)17(20)9-14;1-19(2,3)25-18(24)23-15-6-7-16(23)12-22(11-15)14-5-4-13(8-9-21)17(20)10-14;1-18(2,3)24-17(23)21-14-6-7-15(21)10-20(9-14)13-5-4-12(11-22)16(19)8-13;1-11(2,3)15-10(14)13-8-4-5-9(13)7-12-6-8;8-7-3-6(9)2-1-5(7)4-10/h5-6,9,15-16H,7-8,10-12H2,1-3H3;4-5,10,15-16H,6-9,11-12,21H2,1-3H3;4-5,8,11,14-15H,6-7,9-10H2,1-3H3;8-9,12H,4-7H2,1-3H3;1-4H. The molecule has 20 nitrogen and oxygen atoms in total. The fourth-order valence-electron chi connectivity index (χ4n) is 14.0. The monoisotopic (exact) mass is 1450 g/mol. The van der Waals surface area contributed by atoms with E-state index in [9.17, 15) is 33.2 Å². The number of piperazine rings is 4. The summed E-state index contributed by atoms with van der Waals surface area (Å²) in [5.41, 5.74) is 9.74. The molecule has 12 rings (SSSR count). The summed E-state index contributed by atoms with van der Waals surface area (Å²) in [5, 5.41) is 5.36. The molecule has 8 bridgehead atoms. The van der Waals surface area contributed by atoms with Gasteiger partial charge in [0.15, 0.2) is 12.6 Å². The zero-order valence-corrected chi connectivity index (χ0v) is 62.3. The number of benzene rings is 4. The number of aldehydes is 2. The van der Waals surface area contributed by atoms with Crippen molar-refractivity contribution in [1.82, 2.24) is 24.9 Å². The van der Waals surface area contributed by atoms with Crippen LogP contribution < -0.4 is 25.8 Å². The Labute approximate surface area is 603 Å². The van der Waals surface area contributed by atoms with Crippen molar-refractivity contribution in [2.24, 2.45) is 5.73 Å². The minimum absolute atomic E-state index is 0.142. The quantitative estimate of drug-likeness (QED) is 0.0956. The SMILES string of the molecule is CC(C)(C)OC(=O)N1C2CCC1CN(c1ccc(C=O)c(Cl)c1)C2.CC(C)(C)OC(=O)N1C2CCC1CN(c1ccc(CCN)c(Cl)c1)C2.CC(C)(C)OC(=O)N1C2CCC1CNC2.O=Cc1ccc(F)cc1Cl.[C-]#[N+]Cc1ccc(N2CC3CCC(C2)N3C(=O)OC(C)(C)C)cc1Cl. The van der Waals surface area contributed by atoms with E-state index >= 15 is 0 Å². The van der Waals surface area contributed by atoms with E-state index in [-0.39, 0.29) is 71.2 Å². The summed E-state index contributed by atoms with van der Waals surface area (Å²) < 4.78 is 34.4. The molecule has 8 aliphatic heterocycles. The van der Waals surface area contributed by atoms with Crippen molar-refractivity contribution in [3.63, 3.8) is 0 Å². The smallest absolute Gasteiger partial charge is 0.410 e. The number of amides is 4. The van der Waals surface area contributed by atoms with Crippen molar-refractivity contribution in [2.45, 2.75) is 218 Å². The van der Waals surface area contributed by atoms with E-state index in [0.717, 1.165) is 156 Å². The van der Waals surface area contributed by atoms with Crippen molar-refractivity contribution in [2.75, 3.05) is 73.6 Å². The van der Waals surface area contributed by atoms with Crippen LogP contribution in [0, 0.1) is 12.4 Å². The lowest BCUT2D eigenvalue weighted by molar-refractivity contribution is 0.00949. The fraction of sp³-hybridized carbons (Fsp3) is 0.581. The number of hydrogen-bond donors (Lipinski definition) is 2. The third-order valence-corrected chi connectivity index (χ3v) is 19.6. The van der Waals surface area contributed by atoms with Gasteiger partial charge in [-0.3, -0.25) is 29.2 Å². The predicted molar refractivity (Wildman–Crippen MR) is 389 cm³/mol. The highest BCUT2D eigenvalue weighted by Crippen LogP contribution is 2.39. The second kappa shape index (κ2) is 33.3. The first-order valence-corrected chi connectivity index (χ1v) is 35.8. The van der Waals surface area contributed by atoms with Gasteiger partial charge in [-0.1, -0.05) is 52.5 Å². The summed E-state index contributed by atoms with van der Waals surface area (Å²) in [7, 11) is 0. The molecule has 0 radical (unpaired) electrons. The van der Waals surface area contributed by atoms with Crippen LogP contribution in [0.15, 0.2) is 72.8 Å². The van der Waals surface area contributed by atoms with Gasteiger partial charge in [0, 0.05) is 103 Å². The lowest BCUT2D eigenvalue weighted by Gasteiger charge is -2.42. The van der Waals surface area contributed by atoms with Crippen molar-refractivity contribution in [3.05, 3.63) is 132 Å². The second-order valence-electron chi connectivity index (χ2n) is 30.5. The summed E-state index contributed by atoms with van der Waals surface area (Å²) in [5.74, 6) is -0.435. The van der Waals surface area contributed by atoms with Gasteiger partial charge in [0.2, 0.25) is 6.54 Å². The molecule has 0 aliphatic carbocycles. The van der Waals surface area contributed by atoms with E-state index in [2.05, 4.69) is 37.0 Å². The first-order chi connectivity index (χ1) is 46.6. The van der Waals surface area contributed by atoms with Crippen LogP contribution in [0.1, 0.15) is 166 Å². The molecule has 8 aliphatic rings. The van der Waals surface area contributed by atoms with Crippen LogP contribution in [0.5, 0.6) is 0 Å². The molecule has 25 heteroatoms. The Balaban J connectivity index is 0.000000162. The number of carbonyl (C=O) groups excluding carboxylic acids is 6.